The van der Waals surface area contributed by atoms with Crippen LogP contribution in [-0.4, -0.2) is 8.67 Å². The van der Waals surface area contributed by atoms with E-state index in [2.05, 4.69) is 0 Å². The van der Waals surface area contributed by atoms with Crippen LogP contribution >= 0.6 is 46.4 Å². The fourth-order valence-electron chi connectivity index (χ4n) is 3.42. The van der Waals surface area contributed by atoms with Crippen molar-refractivity contribution in [3.8, 4) is 0 Å². The summed E-state index contributed by atoms with van der Waals surface area (Å²) in [5.74, 6) is 0. The van der Waals surface area contributed by atoms with Crippen LogP contribution in [0.3, 0.4) is 0 Å². The van der Waals surface area contributed by atoms with E-state index in [-0.39, 0.29) is 10.8 Å². The van der Waals surface area contributed by atoms with Crippen molar-refractivity contribution in [2.75, 3.05) is 0 Å². The number of hydrogen-bond acceptors (Lipinski definition) is 0. The summed E-state index contributed by atoms with van der Waals surface area (Å²) in [4.78, 5) is 0. The van der Waals surface area contributed by atoms with E-state index in [9.17, 15) is 0 Å². The summed E-state index contributed by atoms with van der Waals surface area (Å²) in [6.07, 6.45) is 5.12. The third-order valence-corrected chi connectivity index (χ3v) is 6.30. The van der Waals surface area contributed by atoms with Gasteiger partial charge in [0.15, 0.2) is 0 Å². The molecule has 4 heteroatoms. The molecule has 0 aliphatic heterocycles. The Balaban J connectivity index is 2.00. The normalized spacial score (nSPS) is 54.5. The number of fused-ring (bicyclic) bond motifs is 1. The van der Waals surface area contributed by atoms with Crippen molar-refractivity contribution in [1.29, 1.82) is 0 Å². The first-order valence-corrected chi connectivity index (χ1v) is 6.14. The van der Waals surface area contributed by atoms with Gasteiger partial charge in [0.2, 0.25) is 0 Å². The van der Waals surface area contributed by atoms with E-state index >= 15 is 0 Å². The third kappa shape index (κ3) is 0.840. The molecule has 0 saturated heterocycles. The van der Waals surface area contributed by atoms with Crippen LogP contribution in [0.5, 0.6) is 0 Å². The smallest absolute Gasteiger partial charge is 0.101 e. The van der Waals surface area contributed by atoms with E-state index in [1.165, 1.54) is 6.42 Å². The van der Waals surface area contributed by atoms with Crippen molar-refractivity contribution < 1.29 is 0 Å². The lowest BCUT2D eigenvalue weighted by Gasteiger charge is -2.21. The van der Waals surface area contributed by atoms with E-state index in [1.807, 2.05) is 0 Å². The molecule has 13 heavy (non-hydrogen) atoms. The Kier molecular flexibility index (Phi) is 1.55. The summed E-state index contributed by atoms with van der Waals surface area (Å²) in [7, 11) is 0. The van der Waals surface area contributed by atoms with E-state index in [1.54, 1.807) is 0 Å². The number of rotatable bonds is 0. The van der Waals surface area contributed by atoms with Gasteiger partial charge in [-0.2, -0.15) is 0 Å². The summed E-state index contributed by atoms with van der Waals surface area (Å²) in [5.41, 5.74) is 0.0965. The second-order valence-corrected chi connectivity index (χ2v) is 7.75. The van der Waals surface area contributed by atoms with Gasteiger partial charge < -0.3 is 0 Å². The predicted molar refractivity (Wildman–Crippen MR) is 56.8 cm³/mol. The summed E-state index contributed by atoms with van der Waals surface area (Å²) in [6.45, 7) is 0. The van der Waals surface area contributed by atoms with Gasteiger partial charge in [-0.1, -0.05) is 6.42 Å². The SMILES string of the molecule is ClC1(Cl)CC12CCCC21CC1(Cl)Cl. The lowest BCUT2D eigenvalue weighted by Crippen LogP contribution is -2.22. The van der Waals surface area contributed by atoms with Crippen molar-refractivity contribution >= 4 is 46.4 Å². The van der Waals surface area contributed by atoms with E-state index in [4.69, 9.17) is 46.4 Å². The zero-order valence-electron chi connectivity index (χ0n) is 7.05. The van der Waals surface area contributed by atoms with Gasteiger partial charge in [-0.3, -0.25) is 0 Å². The first-order valence-electron chi connectivity index (χ1n) is 4.63. The first kappa shape index (κ1) is 9.39. The van der Waals surface area contributed by atoms with Crippen LogP contribution in [0.25, 0.3) is 0 Å². The molecular weight excluding hydrogens is 250 g/mol. The molecule has 3 saturated carbocycles. The van der Waals surface area contributed by atoms with Crippen LogP contribution in [0.2, 0.25) is 0 Å². The highest BCUT2D eigenvalue weighted by Crippen LogP contribution is 2.89. The fraction of sp³-hybridized carbons (Fsp3) is 1.00. The molecule has 0 nitrogen and oxygen atoms in total. The Morgan fingerprint density at radius 1 is 0.692 bits per heavy atom. The van der Waals surface area contributed by atoms with Crippen LogP contribution in [0.15, 0.2) is 0 Å². The minimum Gasteiger partial charge on any atom is -0.101 e. The largest absolute Gasteiger partial charge is 0.125 e. The second kappa shape index (κ2) is 2.14. The molecule has 0 amide bonds. The molecule has 0 aromatic heterocycles. The molecule has 3 aliphatic rings. The van der Waals surface area contributed by atoms with Gasteiger partial charge >= 0.3 is 0 Å². The Labute approximate surface area is 97.9 Å². The second-order valence-electron chi connectivity index (χ2n) is 4.78. The van der Waals surface area contributed by atoms with Crippen molar-refractivity contribution in [2.24, 2.45) is 10.8 Å². The maximum Gasteiger partial charge on any atom is 0.125 e. The molecule has 3 fully saturated rings. The summed E-state index contributed by atoms with van der Waals surface area (Å²) in [6, 6.07) is 0. The van der Waals surface area contributed by atoms with Gasteiger partial charge in [0.25, 0.3) is 0 Å². The maximum absolute atomic E-state index is 6.20. The van der Waals surface area contributed by atoms with Gasteiger partial charge in [-0.05, 0) is 25.7 Å². The standard InChI is InChI=1S/C9H10Cl4/c10-8(11)4-6(8)2-1-3-7(6)5-9(7,12)13/h1-5H2. The molecule has 0 bridgehead atoms. The maximum atomic E-state index is 6.20. The van der Waals surface area contributed by atoms with Crippen molar-refractivity contribution in [3.05, 3.63) is 0 Å². The van der Waals surface area contributed by atoms with Crippen LogP contribution in [0.4, 0.5) is 0 Å². The van der Waals surface area contributed by atoms with Gasteiger partial charge in [-0.15, -0.1) is 46.4 Å². The molecule has 2 spiro atoms. The molecule has 2 atom stereocenters. The van der Waals surface area contributed by atoms with Gasteiger partial charge in [0, 0.05) is 10.8 Å². The number of hydrogen-bond donors (Lipinski definition) is 0. The molecule has 0 aromatic carbocycles. The lowest BCUT2D eigenvalue weighted by atomic mass is 9.89. The zero-order valence-corrected chi connectivity index (χ0v) is 10.1. The van der Waals surface area contributed by atoms with Gasteiger partial charge in [-0.25, -0.2) is 0 Å². The minimum atomic E-state index is -0.547. The molecule has 0 N–H and O–H groups in total. The fourth-order valence-corrected chi connectivity index (χ4v) is 5.44. The Hall–Kier alpha value is 1.16. The Morgan fingerprint density at radius 2 is 1.00 bits per heavy atom. The van der Waals surface area contributed by atoms with Crippen molar-refractivity contribution in [1.82, 2.24) is 0 Å². The molecule has 0 heterocycles. The molecular formula is C9H10Cl4. The highest BCUT2D eigenvalue weighted by atomic mass is 35.5. The molecule has 0 radical (unpaired) electrons. The van der Waals surface area contributed by atoms with E-state index < -0.39 is 8.67 Å². The van der Waals surface area contributed by atoms with Crippen molar-refractivity contribution in [3.63, 3.8) is 0 Å². The van der Waals surface area contributed by atoms with E-state index in [0.29, 0.717) is 0 Å². The summed E-state index contributed by atoms with van der Waals surface area (Å²) >= 11 is 24.8. The monoisotopic (exact) mass is 258 g/mol. The summed E-state index contributed by atoms with van der Waals surface area (Å²) < 4.78 is -1.09. The highest BCUT2D eigenvalue weighted by molar-refractivity contribution is 6.54. The third-order valence-electron chi connectivity index (χ3n) is 4.32. The number of alkyl halides is 4. The highest BCUT2D eigenvalue weighted by Gasteiger charge is 2.87. The van der Waals surface area contributed by atoms with Crippen LogP contribution < -0.4 is 0 Å². The Morgan fingerprint density at radius 3 is 1.23 bits per heavy atom. The molecule has 3 aliphatic carbocycles. The topological polar surface area (TPSA) is 0 Å². The molecule has 2 unspecified atom stereocenters. The van der Waals surface area contributed by atoms with Crippen LogP contribution in [-0.2, 0) is 0 Å². The molecule has 3 rings (SSSR count). The average Bonchev–Trinajstić information content (AvgIpc) is 2.60. The first-order chi connectivity index (χ1) is 5.87. The minimum absolute atomic E-state index is 0.0482. The summed E-state index contributed by atoms with van der Waals surface area (Å²) in [5, 5.41) is 0. The lowest BCUT2D eigenvalue weighted by molar-refractivity contribution is 0.330. The van der Waals surface area contributed by atoms with E-state index in [0.717, 1.165) is 25.7 Å². The Bertz CT molecular complexity index is 249. The molecule has 74 valence electrons. The number of halogens is 4. The zero-order chi connectivity index (χ0) is 9.54. The van der Waals surface area contributed by atoms with Crippen LogP contribution in [0, 0.1) is 10.8 Å². The molecule has 0 aromatic rings. The predicted octanol–water partition coefficient (Wildman–Crippen LogP) is 4.30. The van der Waals surface area contributed by atoms with Gasteiger partial charge in [0.1, 0.15) is 8.67 Å². The van der Waals surface area contributed by atoms with Crippen molar-refractivity contribution in [2.45, 2.75) is 40.8 Å². The van der Waals surface area contributed by atoms with Crippen LogP contribution in [0.1, 0.15) is 32.1 Å². The van der Waals surface area contributed by atoms with Gasteiger partial charge in [0.05, 0.1) is 0 Å². The average molecular weight is 260 g/mol. The quantitative estimate of drug-likeness (QED) is 0.569.